The molecule has 0 amide bonds. The molecule has 1 aromatic rings. The van der Waals surface area contributed by atoms with E-state index in [9.17, 15) is 13.4 Å². The molecule has 0 bridgehead atoms. The maximum atomic E-state index is 13.8. The summed E-state index contributed by atoms with van der Waals surface area (Å²) in [5.41, 5.74) is 5.82. The Morgan fingerprint density at radius 2 is 2.40 bits per heavy atom. The third kappa shape index (κ3) is 3.12. The van der Waals surface area contributed by atoms with Crippen LogP contribution in [0.4, 0.5) is 15.8 Å². The van der Waals surface area contributed by atoms with Crippen LogP contribution < -0.4 is 15.4 Å². The number of rotatable bonds is 5. The zero-order valence-corrected chi connectivity index (χ0v) is 11.2. The molecule has 0 saturated carbocycles. The van der Waals surface area contributed by atoms with E-state index in [0.717, 1.165) is 6.07 Å². The summed E-state index contributed by atoms with van der Waals surface area (Å²) in [6.45, 7) is 0.629. The Bertz CT molecular complexity index is 530. The Labute approximate surface area is 117 Å². The standard InChI is InChI=1S/C11H14FN3O4S/c12-9-3-7(1-2-10(9)14-20(17)18)15-5-8(4-13)19-11(15)6-16/h1-3,6,8,11,14H,4-5,13H2,(H,17,18)/t8-,11?/m0/s1. The molecule has 3 atom stereocenters. The second kappa shape index (κ2) is 6.27. The molecule has 1 aliphatic heterocycles. The number of nitrogens with two attached hydrogens (primary N) is 1. The molecule has 0 aromatic heterocycles. The smallest absolute Gasteiger partial charge is 0.259 e. The molecule has 1 saturated heterocycles. The minimum absolute atomic E-state index is 0.104. The van der Waals surface area contributed by atoms with E-state index in [4.69, 9.17) is 15.0 Å². The summed E-state index contributed by atoms with van der Waals surface area (Å²) in [7, 11) is 0. The van der Waals surface area contributed by atoms with E-state index in [2.05, 4.69) is 0 Å². The van der Waals surface area contributed by atoms with Crippen LogP contribution in [0.15, 0.2) is 18.2 Å². The molecule has 1 heterocycles. The van der Waals surface area contributed by atoms with Gasteiger partial charge in [0.1, 0.15) is 5.82 Å². The molecule has 2 unspecified atom stereocenters. The number of hydrogen-bond acceptors (Lipinski definition) is 5. The van der Waals surface area contributed by atoms with Crippen molar-refractivity contribution >= 4 is 28.9 Å². The van der Waals surface area contributed by atoms with Gasteiger partial charge in [-0.15, -0.1) is 0 Å². The molecular formula is C11H14FN3O4S. The third-order valence-corrected chi connectivity index (χ3v) is 3.29. The largest absolute Gasteiger partial charge is 0.345 e. The molecule has 1 fully saturated rings. The lowest BCUT2D eigenvalue weighted by atomic mass is 10.2. The Kier molecular flexibility index (Phi) is 4.65. The van der Waals surface area contributed by atoms with Gasteiger partial charge in [-0.3, -0.25) is 14.1 Å². The molecule has 9 heteroatoms. The van der Waals surface area contributed by atoms with Gasteiger partial charge in [-0.25, -0.2) is 8.60 Å². The lowest BCUT2D eigenvalue weighted by molar-refractivity contribution is -0.117. The molecule has 110 valence electrons. The van der Waals surface area contributed by atoms with Crippen LogP contribution in [0.1, 0.15) is 0 Å². The summed E-state index contributed by atoms with van der Waals surface area (Å²) in [4.78, 5) is 12.5. The molecule has 7 nitrogen and oxygen atoms in total. The average Bonchev–Trinajstić information content (AvgIpc) is 2.84. The molecule has 0 spiro atoms. The monoisotopic (exact) mass is 303 g/mol. The van der Waals surface area contributed by atoms with Gasteiger partial charge in [0, 0.05) is 18.8 Å². The fourth-order valence-corrected chi connectivity index (χ4v) is 2.34. The van der Waals surface area contributed by atoms with Crippen LogP contribution in [0.25, 0.3) is 0 Å². The van der Waals surface area contributed by atoms with Gasteiger partial charge in [0.2, 0.25) is 0 Å². The van der Waals surface area contributed by atoms with Gasteiger partial charge < -0.3 is 15.4 Å². The highest BCUT2D eigenvalue weighted by Gasteiger charge is 2.32. The second-order valence-corrected chi connectivity index (χ2v) is 4.89. The Morgan fingerprint density at radius 3 is 2.95 bits per heavy atom. The minimum atomic E-state index is -2.35. The highest BCUT2D eigenvalue weighted by atomic mass is 32.2. The summed E-state index contributed by atoms with van der Waals surface area (Å²) >= 11 is -2.35. The van der Waals surface area contributed by atoms with E-state index in [1.807, 2.05) is 4.72 Å². The lowest BCUT2D eigenvalue weighted by Gasteiger charge is -2.21. The first-order valence-corrected chi connectivity index (χ1v) is 6.90. The highest BCUT2D eigenvalue weighted by molar-refractivity contribution is 7.80. The van der Waals surface area contributed by atoms with E-state index in [-0.39, 0.29) is 18.3 Å². The molecule has 20 heavy (non-hydrogen) atoms. The minimum Gasteiger partial charge on any atom is -0.345 e. The molecule has 1 aliphatic rings. The normalized spacial score (nSPS) is 23.6. The number of hydrogen-bond donors (Lipinski definition) is 3. The summed E-state index contributed by atoms with van der Waals surface area (Å²) < 4.78 is 40.4. The Hall–Kier alpha value is -1.55. The first-order chi connectivity index (χ1) is 9.55. The maximum Gasteiger partial charge on any atom is 0.259 e. The van der Waals surface area contributed by atoms with E-state index in [0.29, 0.717) is 18.5 Å². The van der Waals surface area contributed by atoms with Gasteiger partial charge in [-0.1, -0.05) is 0 Å². The summed E-state index contributed by atoms with van der Waals surface area (Å²) in [5.74, 6) is -0.703. The quantitative estimate of drug-likeness (QED) is 0.525. The first kappa shape index (κ1) is 14.9. The van der Waals surface area contributed by atoms with Crippen molar-refractivity contribution in [2.75, 3.05) is 22.7 Å². The highest BCUT2D eigenvalue weighted by Crippen LogP contribution is 2.27. The van der Waals surface area contributed by atoms with Crippen molar-refractivity contribution in [2.45, 2.75) is 12.3 Å². The van der Waals surface area contributed by atoms with E-state index >= 15 is 0 Å². The van der Waals surface area contributed by atoms with Crippen LogP contribution in [0.2, 0.25) is 0 Å². The molecule has 4 N–H and O–H groups in total. The van der Waals surface area contributed by atoms with Crippen LogP contribution >= 0.6 is 0 Å². The topological polar surface area (TPSA) is 105 Å². The number of ether oxygens (including phenoxy) is 1. The Balaban J connectivity index is 2.22. The van der Waals surface area contributed by atoms with Crippen molar-refractivity contribution in [3.05, 3.63) is 24.0 Å². The van der Waals surface area contributed by atoms with Crippen LogP contribution in [-0.4, -0.2) is 40.5 Å². The van der Waals surface area contributed by atoms with Crippen LogP contribution in [0.3, 0.4) is 0 Å². The summed E-state index contributed by atoms with van der Waals surface area (Å²) in [5, 5.41) is 0. The number of carbonyl (C=O) groups excluding carboxylic acids is 1. The number of nitrogens with zero attached hydrogens (tertiary/aromatic N) is 1. The van der Waals surface area contributed by atoms with Gasteiger partial charge in [0.05, 0.1) is 11.8 Å². The van der Waals surface area contributed by atoms with Crippen molar-refractivity contribution < 1.29 is 22.7 Å². The van der Waals surface area contributed by atoms with Gasteiger partial charge in [0.15, 0.2) is 12.5 Å². The number of anilines is 2. The zero-order chi connectivity index (χ0) is 14.7. The number of aldehydes is 1. The summed E-state index contributed by atoms with van der Waals surface area (Å²) in [6.07, 6.45) is -0.493. The van der Waals surface area contributed by atoms with Crippen molar-refractivity contribution in [3.63, 3.8) is 0 Å². The van der Waals surface area contributed by atoms with Crippen LogP contribution in [-0.2, 0) is 20.8 Å². The van der Waals surface area contributed by atoms with Crippen molar-refractivity contribution in [3.8, 4) is 0 Å². The number of benzene rings is 1. The Morgan fingerprint density at radius 1 is 1.65 bits per heavy atom. The van der Waals surface area contributed by atoms with Crippen molar-refractivity contribution in [1.29, 1.82) is 0 Å². The molecule has 0 radical (unpaired) electrons. The van der Waals surface area contributed by atoms with E-state index in [1.165, 1.54) is 12.1 Å². The van der Waals surface area contributed by atoms with Crippen molar-refractivity contribution in [2.24, 2.45) is 5.73 Å². The number of carbonyl (C=O) groups is 1. The molecule has 1 aromatic carbocycles. The van der Waals surface area contributed by atoms with Crippen LogP contribution in [0, 0.1) is 5.82 Å². The lowest BCUT2D eigenvalue weighted by Crippen LogP contribution is -2.31. The van der Waals surface area contributed by atoms with Crippen LogP contribution in [0.5, 0.6) is 0 Å². The third-order valence-electron chi connectivity index (χ3n) is 2.90. The summed E-state index contributed by atoms with van der Waals surface area (Å²) in [6, 6.07) is 4.00. The first-order valence-electron chi connectivity index (χ1n) is 5.79. The van der Waals surface area contributed by atoms with Gasteiger partial charge in [-0.05, 0) is 18.2 Å². The van der Waals surface area contributed by atoms with E-state index < -0.39 is 23.3 Å². The predicted octanol–water partition coefficient (Wildman–Crippen LogP) is 0.0632. The maximum absolute atomic E-state index is 13.8. The predicted molar refractivity (Wildman–Crippen MR) is 71.9 cm³/mol. The van der Waals surface area contributed by atoms with Gasteiger partial charge >= 0.3 is 0 Å². The fourth-order valence-electron chi connectivity index (χ4n) is 1.98. The second-order valence-electron chi connectivity index (χ2n) is 4.19. The van der Waals surface area contributed by atoms with Gasteiger partial charge in [-0.2, -0.15) is 0 Å². The van der Waals surface area contributed by atoms with E-state index in [1.54, 1.807) is 4.90 Å². The fraction of sp³-hybridized carbons (Fsp3) is 0.364. The van der Waals surface area contributed by atoms with Gasteiger partial charge in [0.25, 0.3) is 11.3 Å². The molecular weight excluding hydrogens is 289 g/mol. The molecule has 2 rings (SSSR count). The van der Waals surface area contributed by atoms with Crippen molar-refractivity contribution in [1.82, 2.24) is 0 Å². The average molecular weight is 303 g/mol. The number of nitrogens with one attached hydrogen (secondary N) is 1. The SMILES string of the molecule is NC[C@H]1CN(c2ccc(NS(=O)O)c(F)c2)C(C=O)O1. The number of halogens is 1. The zero-order valence-electron chi connectivity index (χ0n) is 10.4. The molecule has 0 aliphatic carbocycles.